The number of likely N-dealkylation sites (tertiary alicyclic amines) is 1. The van der Waals surface area contributed by atoms with Gasteiger partial charge in [-0.3, -0.25) is 4.90 Å². The number of nitrogens with zero attached hydrogens (tertiary/aromatic N) is 1. The molecule has 2 aromatic carbocycles. The third-order valence-electron chi connectivity index (χ3n) is 4.98. The summed E-state index contributed by atoms with van der Waals surface area (Å²) in [6.07, 6.45) is 0.785. The van der Waals surface area contributed by atoms with Crippen molar-refractivity contribution in [2.75, 3.05) is 26.2 Å². The van der Waals surface area contributed by atoms with Crippen molar-refractivity contribution in [2.45, 2.75) is 38.1 Å². The van der Waals surface area contributed by atoms with Crippen LogP contribution in [-0.4, -0.2) is 53.6 Å². The molecule has 2 aromatic rings. The molecule has 0 amide bonds. The zero-order valence-corrected chi connectivity index (χ0v) is 15.4. The van der Waals surface area contributed by atoms with Gasteiger partial charge in [0.2, 0.25) is 0 Å². The summed E-state index contributed by atoms with van der Waals surface area (Å²) in [6.45, 7) is 4.44. The Bertz CT molecular complexity index is 676. The fourth-order valence-electron chi connectivity index (χ4n) is 3.63. The highest BCUT2D eigenvalue weighted by Gasteiger charge is 2.22. The van der Waals surface area contributed by atoms with Crippen molar-refractivity contribution in [3.8, 4) is 0 Å². The van der Waals surface area contributed by atoms with E-state index >= 15 is 0 Å². The zero-order valence-electron chi connectivity index (χ0n) is 15.4. The molecule has 140 valence electrons. The van der Waals surface area contributed by atoms with E-state index in [2.05, 4.69) is 36.1 Å². The van der Waals surface area contributed by atoms with E-state index in [-0.39, 0.29) is 18.8 Å². The average molecular weight is 355 g/mol. The smallest absolute Gasteiger partial charge is 0.108 e. The lowest BCUT2D eigenvalue weighted by Crippen LogP contribution is -2.43. The molecule has 1 aliphatic heterocycles. The fourth-order valence-corrected chi connectivity index (χ4v) is 3.63. The lowest BCUT2D eigenvalue weighted by atomic mass is 9.97. The van der Waals surface area contributed by atoms with Gasteiger partial charge in [0.15, 0.2) is 0 Å². The van der Waals surface area contributed by atoms with Crippen molar-refractivity contribution in [1.29, 1.82) is 0 Å². The summed E-state index contributed by atoms with van der Waals surface area (Å²) in [5, 5.41) is 20.2. The van der Waals surface area contributed by atoms with Gasteiger partial charge in [-0.2, -0.15) is 0 Å². The van der Waals surface area contributed by atoms with E-state index < -0.39 is 6.10 Å². The molecular formula is C22H29NO3. The predicted molar refractivity (Wildman–Crippen MR) is 103 cm³/mol. The molecule has 26 heavy (non-hydrogen) atoms. The first-order valence-electron chi connectivity index (χ1n) is 9.44. The van der Waals surface area contributed by atoms with Crippen molar-refractivity contribution in [3.05, 3.63) is 71.3 Å². The van der Waals surface area contributed by atoms with Crippen molar-refractivity contribution in [1.82, 2.24) is 4.90 Å². The van der Waals surface area contributed by atoms with Crippen molar-refractivity contribution < 1.29 is 14.9 Å². The third kappa shape index (κ3) is 5.15. The fraction of sp³-hybridized carbons (Fsp3) is 0.455. The summed E-state index contributed by atoms with van der Waals surface area (Å²) in [6, 6.07) is 18.3. The van der Waals surface area contributed by atoms with Gasteiger partial charge >= 0.3 is 0 Å². The Morgan fingerprint density at radius 2 is 1.85 bits per heavy atom. The van der Waals surface area contributed by atoms with E-state index in [4.69, 9.17) is 4.74 Å². The van der Waals surface area contributed by atoms with Gasteiger partial charge in [-0.1, -0.05) is 54.6 Å². The first-order chi connectivity index (χ1) is 12.6. The summed E-state index contributed by atoms with van der Waals surface area (Å²) in [7, 11) is 0. The van der Waals surface area contributed by atoms with Crippen LogP contribution in [0.4, 0.5) is 0 Å². The number of piperidine rings is 1. The molecule has 0 bridgehead atoms. The molecule has 1 fully saturated rings. The maximum Gasteiger partial charge on any atom is 0.108 e. The lowest BCUT2D eigenvalue weighted by Gasteiger charge is -2.32. The van der Waals surface area contributed by atoms with Crippen molar-refractivity contribution in [2.24, 2.45) is 0 Å². The minimum atomic E-state index is -0.574. The SMILES string of the molecule is Cc1ccccc1[C@@H](OC[C@@H](O)CN1CCC[C@H](O)C1)c1ccccc1. The summed E-state index contributed by atoms with van der Waals surface area (Å²) in [5.74, 6) is 0. The van der Waals surface area contributed by atoms with Gasteiger partial charge in [-0.25, -0.2) is 0 Å². The number of ether oxygens (including phenoxy) is 1. The number of hydrogen-bond acceptors (Lipinski definition) is 4. The minimum Gasteiger partial charge on any atom is -0.392 e. The van der Waals surface area contributed by atoms with Crippen LogP contribution in [0.2, 0.25) is 0 Å². The highest BCUT2D eigenvalue weighted by Crippen LogP contribution is 2.28. The Morgan fingerprint density at radius 1 is 1.12 bits per heavy atom. The van der Waals surface area contributed by atoms with Gasteiger partial charge in [0.25, 0.3) is 0 Å². The molecule has 4 nitrogen and oxygen atoms in total. The first-order valence-corrected chi connectivity index (χ1v) is 9.44. The lowest BCUT2D eigenvalue weighted by molar-refractivity contribution is -0.0206. The average Bonchev–Trinajstić information content (AvgIpc) is 2.64. The zero-order chi connectivity index (χ0) is 18.4. The molecule has 2 N–H and O–H groups in total. The number of aliphatic hydroxyl groups is 2. The Labute approximate surface area is 156 Å². The van der Waals surface area contributed by atoms with Crippen LogP contribution in [0.3, 0.4) is 0 Å². The second-order valence-electron chi connectivity index (χ2n) is 7.19. The normalized spacial score (nSPS) is 20.7. The van der Waals surface area contributed by atoms with Crippen LogP contribution in [0, 0.1) is 6.92 Å². The number of benzene rings is 2. The maximum absolute atomic E-state index is 10.5. The van der Waals surface area contributed by atoms with Crippen LogP contribution in [-0.2, 0) is 4.74 Å². The molecule has 4 heteroatoms. The molecule has 1 heterocycles. The predicted octanol–water partition coefficient (Wildman–Crippen LogP) is 2.92. The second kappa shape index (κ2) is 9.28. The number of aryl methyl sites for hydroxylation is 1. The summed E-state index contributed by atoms with van der Waals surface area (Å²) >= 11 is 0. The summed E-state index contributed by atoms with van der Waals surface area (Å²) in [5.41, 5.74) is 3.39. The largest absolute Gasteiger partial charge is 0.392 e. The molecule has 1 saturated heterocycles. The molecule has 1 aliphatic rings. The highest BCUT2D eigenvalue weighted by molar-refractivity contribution is 5.35. The third-order valence-corrected chi connectivity index (χ3v) is 4.98. The highest BCUT2D eigenvalue weighted by atomic mass is 16.5. The van der Waals surface area contributed by atoms with Gasteiger partial charge in [0, 0.05) is 13.1 Å². The molecule has 3 atom stereocenters. The molecule has 0 radical (unpaired) electrons. The molecule has 0 spiro atoms. The second-order valence-corrected chi connectivity index (χ2v) is 7.19. The molecule has 0 aromatic heterocycles. The molecule has 0 aliphatic carbocycles. The molecule has 3 rings (SSSR count). The molecular weight excluding hydrogens is 326 g/mol. The molecule has 0 unspecified atom stereocenters. The van der Waals surface area contributed by atoms with Gasteiger partial charge in [-0.15, -0.1) is 0 Å². The quantitative estimate of drug-likeness (QED) is 0.802. The van der Waals surface area contributed by atoms with Crippen LogP contribution >= 0.6 is 0 Å². The Kier molecular flexibility index (Phi) is 6.80. The van der Waals surface area contributed by atoms with Gasteiger partial charge in [0.1, 0.15) is 6.10 Å². The standard InChI is InChI=1S/C22H29NO3/c1-17-8-5-6-12-21(17)22(18-9-3-2-4-10-18)26-16-20(25)15-23-13-7-11-19(24)14-23/h2-6,8-10,12,19-20,22,24-25H,7,11,13-16H2,1H3/t19-,20-,22-/m0/s1. The number of β-amino-alcohol motifs (C(OH)–C–C–N with tert-alkyl or cyclic N) is 2. The Balaban J connectivity index is 1.65. The van der Waals surface area contributed by atoms with Crippen LogP contribution in [0.1, 0.15) is 35.6 Å². The summed E-state index contributed by atoms with van der Waals surface area (Å²) in [4.78, 5) is 2.12. The van der Waals surface area contributed by atoms with Crippen LogP contribution in [0.5, 0.6) is 0 Å². The molecule has 0 saturated carbocycles. The minimum absolute atomic E-state index is 0.195. The van der Waals surface area contributed by atoms with Crippen molar-refractivity contribution >= 4 is 0 Å². The Hall–Kier alpha value is -1.72. The van der Waals surface area contributed by atoms with E-state index in [1.54, 1.807) is 0 Å². The van der Waals surface area contributed by atoms with E-state index in [1.165, 1.54) is 5.56 Å². The van der Waals surface area contributed by atoms with Gasteiger partial charge in [0.05, 0.1) is 18.8 Å². The van der Waals surface area contributed by atoms with Gasteiger partial charge in [-0.05, 0) is 43.0 Å². The van der Waals surface area contributed by atoms with E-state index in [0.717, 1.165) is 30.5 Å². The van der Waals surface area contributed by atoms with Gasteiger partial charge < -0.3 is 14.9 Å². The van der Waals surface area contributed by atoms with Crippen molar-refractivity contribution in [3.63, 3.8) is 0 Å². The van der Waals surface area contributed by atoms with Crippen LogP contribution in [0.25, 0.3) is 0 Å². The van der Waals surface area contributed by atoms with Crippen LogP contribution in [0.15, 0.2) is 54.6 Å². The van der Waals surface area contributed by atoms with E-state index in [0.29, 0.717) is 13.1 Å². The summed E-state index contributed by atoms with van der Waals surface area (Å²) < 4.78 is 6.19. The Morgan fingerprint density at radius 3 is 2.58 bits per heavy atom. The van der Waals surface area contributed by atoms with E-state index in [9.17, 15) is 10.2 Å². The maximum atomic E-state index is 10.5. The number of aliphatic hydroxyl groups excluding tert-OH is 2. The number of rotatable bonds is 7. The monoisotopic (exact) mass is 355 g/mol. The number of hydrogen-bond donors (Lipinski definition) is 2. The van der Waals surface area contributed by atoms with E-state index in [1.807, 2.05) is 30.3 Å². The first kappa shape index (κ1) is 19.1. The van der Waals surface area contributed by atoms with Crippen LogP contribution < -0.4 is 0 Å². The topological polar surface area (TPSA) is 52.9 Å².